The van der Waals surface area contributed by atoms with Crippen molar-refractivity contribution >= 4 is 14.5 Å². The van der Waals surface area contributed by atoms with Crippen LogP contribution < -0.4 is 11.0 Å². The van der Waals surface area contributed by atoms with Crippen molar-refractivity contribution < 1.29 is 4.39 Å². The monoisotopic (exact) mass is 183 g/mol. The van der Waals surface area contributed by atoms with E-state index < -0.39 is 0 Å². The lowest BCUT2D eigenvalue weighted by Crippen LogP contribution is -2.04. The summed E-state index contributed by atoms with van der Waals surface area (Å²) in [4.78, 5) is 0. The Hall–Kier alpha value is -0.460. The summed E-state index contributed by atoms with van der Waals surface area (Å²) in [6, 6.07) is 5.47. The van der Waals surface area contributed by atoms with Crippen molar-refractivity contribution in [2.24, 2.45) is 5.73 Å². The fourth-order valence-electron chi connectivity index (χ4n) is 1.39. The Bertz CT molecular complexity index is 313. The van der Waals surface area contributed by atoms with Crippen LogP contribution in [0.4, 0.5) is 4.39 Å². The Morgan fingerprint density at radius 1 is 1.50 bits per heavy atom. The van der Waals surface area contributed by atoms with E-state index in [9.17, 15) is 4.39 Å². The van der Waals surface area contributed by atoms with Crippen molar-refractivity contribution in [3.8, 4) is 0 Å². The van der Waals surface area contributed by atoms with Gasteiger partial charge in [0.1, 0.15) is 5.82 Å². The van der Waals surface area contributed by atoms with Crippen LogP contribution in [0.15, 0.2) is 18.2 Å². The maximum absolute atomic E-state index is 12.8. The number of benzene rings is 1. The molecule has 0 amide bonds. The molecule has 0 aromatic heterocycles. The van der Waals surface area contributed by atoms with E-state index in [1.165, 1.54) is 6.07 Å². The molecule has 0 aliphatic heterocycles. The molecule has 1 aromatic carbocycles. The van der Waals surface area contributed by atoms with Crippen molar-refractivity contribution in [1.82, 2.24) is 0 Å². The molecule has 0 spiro atoms. The van der Waals surface area contributed by atoms with Gasteiger partial charge in [0, 0.05) is 17.3 Å². The van der Waals surface area contributed by atoms with Crippen LogP contribution in [0, 0.1) is 5.82 Å². The normalized spacial score (nSPS) is 27.2. The first kappa shape index (κ1) is 8.15. The summed E-state index contributed by atoms with van der Waals surface area (Å²) >= 11 is 0. The van der Waals surface area contributed by atoms with Gasteiger partial charge in [-0.3, -0.25) is 0 Å². The maximum atomic E-state index is 12.8. The lowest BCUT2D eigenvalue weighted by molar-refractivity contribution is 0.636. The molecular formula is C9H11FNP. The molecule has 0 saturated heterocycles. The van der Waals surface area contributed by atoms with Crippen molar-refractivity contribution in [2.75, 3.05) is 0 Å². The van der Waals surface area contributed by atoms with E-state index in [2.05, 4.69) is 9.24 Å². The van der Waals surface area contributed by atoms with E-state index in [0.29, 0.717) is 17.3 Å². The molecule has 1 unspecified atom stereocenters. The minimum Gasteiger partial charge on any atom is -0.327 e. The Morgan fingerprint density at radius 2 is 2.17 bits per heavy atom. The van der Waals surface area contributed by atoms with Gasteiger partial charge in [0.2, 0.25) is 0 Å². The zero-order valence-electron chi connectivity index (χ0n) is 6.63. The highest BCUT2D eigenvalue weighted by Crippen LogP contribution is 2.38. The Morgan fingerprint density at radius 3 is 2.67 bits per heavy atom. The molecule has 1 aliphatic rings. The van der Waals surface area contributed by atoms with Crippen LogP contribution in [-0.2, 0) is 0 Å². The number of hydrogen-bond donors (Lipinski definition) is 1. The summed E-state index contributed by atoms with van der Waals surface area (Å²) in [6.07, 6.45) is 1.04. The van der Waals surface area contributed by atoms with E-state index >= 15 is 0 Å². The average Bonchev–Trinajstić information content (AvgIpc) is 2.73. The minimum absolute atomic E-state index is 0.169. The molecule has 64 valence electrons. The summed E-state index contributed by atoms with van der Waals surface area (Å²) in [5.41, 5.74) is 6.85. The van der Waals surface area contributed by atoms with Crippen molar-refractivity contribution in [2.45, 2.75) is 18.4 Å². The molecule has 2 rings (SSSR count). The van der Waals surface area contributed by atoms with E-state index in [4.69, 9.17) is 5.73 Å². The van der Waals surface area contributed by atoms with Crippen LogP contribution >= 0.6 is 9.24 Å². The molecular weight excluding hydrogens is 172 g/mol. The third-order valence-corrected chi connectivity index (χ3v) is 2.73. The molecule has 1 aliphatic carbocycles. The summed E-state index contributed by atoms with van der Waals surface area (Å²) in [6.45, 7) is 0. The third-order valence-electron chi connectivity index (χ3n) is 2.29. The molecule has 1 aromatic rings. The average molecular weight is 183 g/mol. The van der Waals surface area contributed by atoms with Gasteiger partial charge in [-0.25, -0.2) is 4.39 Å². The highest BCUT2D eigenvalue weighted by Gasteiger charge is 2.34. The Labute approximate surface area is 73.4 Å². The molecule has 3 heteroatoms. The van der Waals surface area contributed by atoms with Gasteiger partial charge in [0.05, 0.1) is 0 Å². The van der Waals surface area contributed by atoms with Crippen molar-refractivity contribution in [3.63, 3.8) is 0 Å². The van der Waals surface area contributed by atoms with Crippen LogP contribution in [0.2, 0.25) is 0 Å². The third kappa shape index (κ3) is 1.37. The van der Waals surface area contributed by atoms with Gasteiger partial charge in [-0.2, -0.15) is 0 Å². The zero-order chi connectivity index (χ0) is 8.72. The predicted molar refractivity (Wildman–Crippen MR) is 51.1 cm³/mol. The van der Waals surface area contributed by atoms with Gasteiger partial charge in [-0.15, -0.1) is 9.24 Å². The SMILES string of the molecule is N[C@@H]1C[C@H]1c1ccc(F)c(P)c1. The van der Waals surface area contributed by atoms with Crippen LogP contribution in [0.3, 0.4) is 0 Å². The summed E-state index contributed by atoms with van der Waals surface area (Å²) in [5, 5.41) is 0.631. The highest BCUT2D eigenvalue weighted by atomic mass is 31.0. The lowest BCUT2D eigenvalue weighted by Gasteiger charge is -2.00. The number of rotatable bonds is 1. The summed E-state index contributed by atoms with van der Waals surface area (Å²) in [7, 11) is 2.39. The molecule has 0 radical (unpaired) electrons. The maximum Gasteiger partial charge on any atom is 0.130 e. The van der Waals surface area contributed by atoms with Crippen molar-refractivity contribution in [1.29, 1.82) is 0 Å². The second-order valence-corrected chi connectivity index (χ2v) is 3.91. The fraction of sp³-hybridized carbons (Fsp3) is 0.333. The molecule has 0 bridgehead atoms. The summed E-state index contributed by atoms with van der Waals surface area (Å²) in [5.74, 6) is 0.294. The fourth-order valence-corrected chi connectivity index (χ4v) is 1.68. The highest BCUT2D eigenvalue weighted by molar-refractivity contribution is 7.27. The topological polar surface area (TPSA) is 26.0 Å². The van der Waals surface area contributed by atoms with Gasteiger partial charge in [0.15, 0.2) is 0 Å². The molecule has 3 atom stereocenters. The van der Waals surface area contributed by atoms with Crippen molar-refractivity contribution in [3.05, 3.63) is 29.6 Å². The van der Waals surface area contributed by atoms with Gasteiger partial charge >= 0.3 is 0 Å². The Kier molecular flexibility index (Phi) is 1.90. The molecule has 1 fully saturated rings. The second-order valence-electron chi connectivity index (χ2n) is 3.29. The van der Waals surface area contributed by atoms with Crippen LogP contribution in [0.1, 0.15) is 17.9 Å². The number of nitrogens with two attached hydrogens (primary N) is 1. The Balaban J connectivity index is 2.29. The molecule has 1 nitrogen and oxygen atoms in total. The molecule has 0 heterocycles. The quantitative estimate of drug-likeness (QED) is 0.649. The smallest absolute Gasteiger partial charge is 0.130 e. The van der Waals surface area contributed by atoms with Gasteiger partial charge in [-0.1, -0.05) is 6.07 Å². The summed E-state index contributed by atoms with van der Waals surface area (Å²) < 4.78 is 12.8. The first-order valence-corrected chi connectivity index (χ1v) is 4.56. The first-order valence-electron chi connectivity index (χ1n) is 3.99. The van der Waals surface area contributed by atoms with Gasteiger partial charge in [-0.05, 0) is 24.1 Å². The largest absolute Gasteiger partial charge is 0.327 e. The predicted octanol–water partition coefficient (Wildman–Crippen LogP) is 1.14. The first-order chi connectivity index (χ1) is 5.68. The van der Waals surface area contributed by atoms with Gasteiger partial charge in [0.25, 0.3) is 0 Å². The lowest BCUT2D eigenvalue weighted by atomic mass is 10.1. The van der Waals surface area contributed by atoms with Crippen LogP contribution in [0.25, 0.3) is 0 Å². The number of halogens is 1. The van der Waals surface area contributed by atoms with Gasteiger partial charge < -0.3 is 5.73 Å². The van der Waals surface area contributed by atoms with Crippen LogP contribution in [-0.4, -0.2) is 6.04 Å². The standard InChI is InChI=1S/C9H11FNP/c10-7-2-1-5(3-9(7)12)6-4-8(6)11/h1-3,6,8H,4,11-12H2/t6-,8+/m0/s1. The zero-order valence-corrected chi connectivity index (χ0v) is 7.78. The molecule has 1 saturated carbocycles. The van der Waals surface area contributed by atoms with E-state index in [0.717, 1.165) is 12.0 Å². The molecule has 2 N–H and O–H groups in total. The molecule has 12 heavy (non-hydrogen) atoms. The van der Waals surface area contributed by atoms with E-state index in [1.807, 2.05) is 12.1 Å². The minimum atomic E-state index is -0.169. The second kappa shape index (κ2) is 2.79. The number of hydrogen-bond acceptors (Lipinski definition) is 1. The van der Waals surface area contributed by atoms with E-state index in [1.54, 1.807) is 0 Å². The van der Waals surface area contributed by atoms with E-state index in [-0.39, 0.29) is 5.82 Å². The van der Waals surface area contributed by atoms with Crippen LogP contribution in [0.5, 0.6) is 0 Å².